The van der Waals surface area contributed by atoms with Gasteiger partial charge in [0.2, 0.25) is 11.7 Å². The van der Waals surface area contributed by atoms with E-state index in [1.807, 2.05) is 31.2 Å². The second-order valence-corrected chi connectivity index (χ2v) is 5.76. The smallest absolute Gasteiger partial charge is 0.246 e. The van der Waals surface area contributed by atoms with Crippen molar-refractivity contribution >= 4 is 28.9 Å². The summed E-state index contributed by atoms with van der Waals surface area (Å²) in [6, 6.07) is 12.8. The lowest BCUT2D eigenvalue weighted by Gasteiger charge is -2.06. The third-order valence-electron chi connectivity index (χ3n) is 3.25. The standard InChI is InChI=1S/C17H15Cl2N3O2/c1-2-23-15-6-4-3-5-12(15)17-21-16(24-22-17)10-20-14-9-11(18)7-8-13(14)19/h3-9,20H,2,10H2,1H3. The molecule has 0 fully saturated rings. The van der Waals surface area contributed by atoms with Crippen LogP contribution in [0.4, 0.5) is 5.69 Å². The molecule has 3 aromatic rings. The van der Waals surface area contributed by atoms with Crippen LogP contribution in [-0.4, -0.2) is 16.7 Å². The van der Waals surface area contributed by atoms with Crippen LogP contribution >= 0.6 is 23.2 Å². The van der Waals surface area contributed by atoms with E-state index in [0.29, 0.717) is 40.6 Å². The van der Waals surface area contributed by atoms with E-state index in [9.17, 15) is 0 Å². The first-order chi connectivity index (χ1) is 11.7. The molecular formula is C17H15Cl2N3O2. The molecule has 0 bridgehead atoms. The predicted octanol–water partition coefficient (Wildman–Crippen LogP) is 5.05. The Morgan fingerprint density at radius 3 is 2.83 bits per heavy atom. The highest BCUT2D eigenvalue weighted by Crippen LogP contribution is 2.28. The molecule has 24 heavy (non-hydrogen) atoms. The number of ether oxygens (including phenoxy) is 1. The molecule has 5 nitrogen and oxygen atoms in total. The number of aromatic nitrogens is 2. The van der Waals surface area contributed by atoms with Crippen molar-refractivity contribution in [1.29, 1.82) is 0 Å². The molecule has 7 heteroatoms. The summed E-state index contributed by atoms with van der Waals surface area (Å²) >= 11 is 12.1. The maximum atomic E-state index is 6.11. The summed E-state index contributed by atoms with van der Waals surface area (Å²) in [6.45, 7) is 2.83. The largest absolute Gasteiger partial charge is 0.493 e. The maximum absolute atomic E-state index is 6.11. The molecule has 0 aliphatic carbocycles. The summed E-state index contributed by atoms with van der Waals surface area (Å²) in [7, 11) is 0. The topological polar surface area (TPSA) is 60.2 Å². The van der Waals surface area contributed by atoms with Crippen LogP contribution in [0.1, 0.15) is 12.8 Å². The molecule has 0 spiro atoms. The van der Waals surface area contributed by atoms with Gasteiger partial charge >= 0.3 is 0 Å². The third kappa shape index (κ3) is 3.80. The molecule has 1 aromatic heterocycles. The molecule has 0 aliphatic heterocycles. The fourth-order valence-electron chi connectivity index (χ4n) is 2.17. The number of rotatable bonds is 6. The number of benzene rings is 2. The monoisotopic (exact) mass is 363 g/mol. The summed E-state index contributed by atoms with van der Waals surface area (Å²) in [5.74, 6) is 1.64. The van der Waals surface area contributed by atoms with Crippen LogP contribution in [0.15, 0.2) is 47.0 Å². The van der Waals surface area contributed by atoms with Crippen molar-refractivity contribution in [3.8, 4) is 17.1 Å². The first kappa shape index (κ1) is 16.6. The van der Waals surface area contributed by atoms with Gasteiger partial charge in [-0.3, -0.25) is 0 Å². The van der Waals surface area contributed by atoms with Crippen LogP contribution in [0.5, 0.6) is 5.75 Å². The van der Waals surface area contributed by atoms with Crippen LogP contribution in [0, 0.1) is 0 Å². The van der Waals surface area contributed by atoms with Crippen molar-refractivity contribution in [1.82, 2.24) is 10.1 Å². The molecule has 3 rings (SSSR count). The number of nitrogens with one attached hydrogen (secondary N) is 1. The maximum Gasteiger partial charge on any atom is 0.246 e. The van der Waals surface area contributed by atoms with Crippen molar-refractivity contribution in [3.63, 3.8) is 0 Å². The molecule has 0 saturated heterocycles. The van der Waals surface area contributed by atoms with E-state index in [-0.39, 0.29) is 0 Å². The van der Waals surface area contributed by atoms with E-state index < -0.39 is 0 Å². The van der Waals surface area contributed by atoms with Crippen molar-refractivity contribution in [2.45, 2.75) is 13.5 Å². The summed E-state index contributed by atoms with van der Waals surface area (Å²) in [5.41, 5.74) is 1.49. The highest BCUT2D eigenvalue weighted by atomic mass is 35.5. The van der Waals surface area contributed by atoms with E-state index in [2.05, 4.69) is 15.5 Å². The summed E-state index contributed by atoms with van der Waals surface area (Å²) < 4.78 is 10.9. The fraction of sp³-hybridized carbons (Fsp3) is 0.176. The SMILES string of the molecule is CCOc1ccccc1-c1noc(CNc2cc(Cl)ccc2Cl)n1. The summed E-state index contributed by atoms with van der Waals surface area (Å²) in [5, 5.41) is 8.31. The van der Waals surface area contributed by atoms with Crippen molar-refractivity contribution in [2.75, 3.05) is 11.9 Å². The molecular weight excluding hydrogens is 349 g/mol. The lowest BCUT2D eigenvalue weighted by Crippen LogP contribution is -2.00. The molecule has 2 aromatic carbocycles. The fourth-order valence-corrected chi connectivity index (χ4v) is 2.53. The van der Waals surface area contributed by atoms with Gasteiger partial charge in [0.25, 0.3) is 0 Å². The van der Waals surface area contributed by atoms with E-state index in [4.69, 9.17) is 32.5 Å². The molecule has 0 saturated carbocycles. The Morgan fingerprint density at radius 2 is 2.00 bits per heavy atom. The summed E-state index contributed by atoms with van der Waals surface area (Å²) in [6.07, 6.45) is 0. The Balaban J connectivity index is 1.75. The Bertz CT molecular complexity index is 836. The van der Waals surface area contributed by atoms with Crippen LogP contribution in [-0.2, 0) is 6.54 Å². The molecule has 0 unspecified atom stereocenters. The van der Waals surface area contributed by atoms with Crippen LogP contribution in [0.3, 0.4) is 0 Å². The number of nitrogens with zero attached hydrogens (tertiary/aromatic N) is 2. The van der Waals surface area contributed by atoms with Gasteiger partial charge in [-0.1, -0.05) is 40.5 Å². The average Bonchev–Trinajstić information content (AvgIpc) is 3.05. The number of para-hydroxylation sites is 1. The number of hydrogen-bond acceptors (Lipinski definition) is 5. The lowest BCUT2D eigenvalue weighted by molar-refractivity contribution is 0.341. The number of hydrogen-bond donors (Lipinski definition) is 1. The highest BCUT2D eigenvalue weighted by Gasteiger charge is 2.13. The lowest BCUT2D eigenvalue weighted by atomic mass is 10.2. The van der Waals surface area contributed by atoms with Crippen molar-refractivity contribution < 1.29 is 9.26 Å². The van der Waals surface area contributed by atoms with E-state index in [1.54, 1.807) is 18.2 Å². The molecule has 1 heterocycles. The number of halogens is 2. The van der Waals surface area contributed by atoms with Gasteiger partial charge < -0.3 is 14.6 Å². The van der Waals surface area contributed by atoms with Gasteiger partial charge in [-0.2, -0.15) is 4.98 Å². The second kappa shape index (κ2) is 7.55. The zero-order chi connectivity index (χ0) is 16.9. The van der Waals surface area contributed by atoms with Gasteiger partial charge in [0.1, 0.15) is 5.75 Å². The van der Waals surface area contributed by atoms with Gasteiger partial charge in [0.15, 0.2) is 0 Å². The Kier molecular flexibility index (Phi) is 5.23. The van der Waals surface area contributed by atoms with Crippen molar-refractivity contribution in [3.05, 3.63) is 58.4 Å². The van der Waals surface area contributed by atoms with E-state index in [1.165, 1.54) is 0 Å². The number of anilines is 1. The predicted molar refractivity (Wildman–Crippen MR) is 94.7 cm³/mol. The van der Waals surface area contributed by atoms with Gasteiger partial charge in [-0.05, 0) is 37.3 Å². The zero-order valence-corrected chi connectivity index (χ0v) is 14.4. The average molecular weight is 364 g/mol. The quantitative estimate of drug-likeness (QED) is 0.663. The van der Waals surface area contributed by atoms with Crippen LogP contribution < -0.4 is 10.1 Å². The van der Waals surface area contributed by atoms with Crippen LogP contribution in [0.2, 0.25) is 10.0 Å². The summed E-state index contributed by atoms with van der Waals surface area (Å²) in [4.78, 5) is 4.39. The van der Waals surface area contributed by atoms with Gasteiger partial charge in [-0.25, -0.2) is 0 Å². The molecule has 0 aliphatic rings. The van der Waals surface area contributed by atoms with Crippen LogP contribution in [0.25, 0.3) is 11.4 Å². The van der Waals surface area contributed by atoms with Gasteiger partial charge in [0, 0.05) is 5.02 Å². The molecule has 0 radical (unpaired) electrons. The normalized spacial score (nSPS) is 10.6. The Hall–Kier alpha value is -2.24. The van der Waals surface area contributed by atoms with Crippen molar-refractivity contribution in [2.24, 2.45) is 0 Å². The zero-order valence-electron chi connectivity index (χ0n) is 12.9. The van der Waals surface area contributed by atoms with E-state index in [0.717, 1.165) is 11.3 Å². The molecule has 124 valence electrons. The third-order valence-corrected chi connectivity index (χ3v) is 3.82. The Labute approximate surface area is 149 Å². The Morgan fingerprint density at radius 1 is 1.17 bits per heavy atom. The van der Waals surface area contributed by atoms with Gasteiger partial charge in [-0.15, -0.1) is 0 Å². The second-order valence-electron chi connectivity index (χ2n) is 4.92. The highest BCUT2D eigenvalue weighted by molar-refractivity contribution is 6.35. The minimum Gasteiger partial charge on any atom is -0.493 e. The first-order valence-electron chi connectivity index (χ1n) is 7.41. The minimum absolute atomic E-state index is 0.337. The molecule has 1 N–H and O–H groups in total. The molecule has 0 amide bonds. The van der Waals surface area contributed by atoms with Gasteiger partial charge in [0.05, 0.1) is 29.4 Å². The van der Waals surface area contributed by atoms with E-state index >= 15 is 0 Å². The minimum atomic E-state index is 0.337. The first-order valence-corrected chi connectivity index (χ1v) is 8.16. The molecule has 0 atom stereocenters.